The van der Waals surface area contributed by atoms with Crippen molar-refractivity contribution in [2.45, 2.75) is 0 Å². The van der Waals surface area contributed by atoms with Gasteiger partial charge < -0.3 is 4.90 Å². The van der Waals surface area contributed by atoms with Gasteiger partial charge in [0.1, 0.15) is 0 Å². The fourth-order valence-electron chi connectivity index (χ4n) is 1.74. The smallest absolute Gasteiger partial charge is 0.213 e. The van der Waals surface area contributed by atoms with Crippen LogP contribution < -0.4 is 4.90 Å². The Balaban J connectivity index is 2.34. The summed E-state index contributed by atoms with van der Waals surface area (Å²) in [6.45, 7) is 0. The van der Waals surface area contributed by atoms with E-state index in [0.29, 0.717) is 11.1 Å². The summed E-state index contributed by atoms with van der Waals surface area (Å²) in [7, 11) is 1.67. The van der Waals surface area contributed by atoms with Crippen molar-refractivity contribution in [3.8, 4) is 0 Å². The van der Waals surface area contributed by atoms with Gasteiger partial charge in [0.15, 0.2) is 5.78 Å². The van der Waals surface area contributed by atoms with E-state index in [-0.39, 0.29) is 5.78 Å². The van der Waals surface area contributed by atoms with E-state index < -0.39 is 0 Å². The highest BCUT2D eigenvalue weighted by Gasteiger charge is 2.13. The Hall–Kier alpha value is -1.21. The SMILES string of the molecule is CN(C=O)c1ccc(C(=O)c2cc(I)ccc2Br)cc1. The molecular formula is C15H11BrINO2. The van der Waals surface area contributed by atoms with E-state index in [1.807, 2.05) is 18.2 Å². The minimum atomic E-state index is -0.0457. The molecule has 0 aliphatic rings. The number of rotatable bonds is 4. The number of hydrogen-bond acceptors (Lipinski definition) is 2. The van der Waals surface area contributed by atoms with Crippen molar-refractivity contribution in [3.63, 3.8) is 0 Å². The first kappa shape index (κ1) is 15.2. The third-order valence-corrected chi connectivity index (χ3v) is 4.23. The van der Waals surface area contributed by atoms with Crippen LogP contribution in [0.2, 0.25) is 0 Å². The molecule has 1 amide bonds. The Morgan fingerprint density at radius 2 is 1.85 bits per heavy atom. The number of hydrogen-bond donors (Lipinski definition) is 0. The molecule has 0 spiro atoms. The summed E-state index contributed by atoms with van der Waals surface area (Å²) in [6, 6.07) is 12.6. The van der Waals surface area contributed by atoms with E-state index in [0.717, 1.165) is 20.1 Å². The topological polar surface area (TPSA) is 37.4 Å². The molecule has 3 nitrogen and oxygen atoms in total. The second kappa shape index (κ2) is 6.49. The molecule has 0 radical (unpaired) electrons. The molecule has 0 unspecified atom stereocenters. The molecule has 0 heterocycles. The highest BCUT2D eigenvalue weighted by atomic mass is 127. The summed E-state index contributed by atoms with van der Waals surface area (Å²) in [5.41, 5.74) is 1.97. The molecule has 5 heteroatoms. The molecule has 0 N–H and O–H groups in total. The fraction of sp³-hybridized carbons (Fsp3) is 0.0667. The molecule has 2 aromatic carbocycles. The molecule has 0 fully saturated rings. The molecule has 0 saturated carbocycles. The molecule has 2 aromatic rings. The largest absolute Gasteiger partial charge is 0.318 e. The van der Waals surface area contributed by atoms with Crippen LogP contribution in [0.3, 0.4) is 0 Å². The second-order valence-electron chi connectivity index (χ2n) is 4.22. The average molecular weight is 444 g/mol. The molecule has 0 atom stereocenters. The predicted octanol–water partition coefficient (Wildman–Crippen LogP) is 3.88. The number of nitrogens with zero attached hydrogens (tertiary/aromatic N) is 1. The number of ketones is 1. The van der Waals surface area contributed by atoms with Gasteiger partial charge in [-0.05, 0) is 65.1 Å². The van der Waals surface area contributed by atoms with Gasteiger partial charge in [-0.1, -0.05) is 15.9 Å². The van der Waals surface area contributed by atoms with E-state index in [9.17, 15) is 9.59 Å². The van der Waals surface area contributed by atoms with Crippen molar-refractivity contribution >= 4 is 56.4 Å². The summed E-state index contributed by atoms with van der Waals surface area (Å²) >= 11 is 5.57. The van der Waals surface area contributed by atoms with E-state index >= 15 is 0 Å². The highest BCUT2D eigenvalue weighted by Crippen LogP contribution is 2.23. The van der Waals surface area contributed by atoms with Crippen molar-refractivity contribution in [1.29, 1.82) is 0 Å². The summed E-state index contributed by atoms with van der Waals surface area (Å²) in [5.74, 6) is -0.0457. The van der Waals surface area contributed by atoms with Crippen molar-refractivity contribution < 1.29 is 9.59 Å². The number of amides is 1. The van der Waals surface area contributed by atoms with Gasteiger partial charge >= 0.3 is 0 Å². The lowest BCUT2D eigenvalue weighted by molar-refractivity contribution is -0.107. The van der Waals surface area contributed by atoms with E-state index in [2.05, 4.69) is 38.5 Å². The van der Waals surface area contributed by atoms with Gasteiger partial charge in [-0.15, -0.1) is 0 Å². The van der Waals surface area contributed by atoms with Gasteiger partial charge in [-0.25, -0.2) is 0 Å². The molecule has 0 aromatic heterocycles. The minimum Gasteiger partial charge on any atom is -0.318 e. The van der Waals surface area contributed by atoms with Crippen LogP contribution in [-0.4, -0.2) is 19.2 Å². The molecule has 0 saturated heterocycles. The molecule has 102 valence electrons. The number of anilines is 1. The van der Waals surface area contributed by atoms with Gasteiger partial charge in [0.25, 0.3) is 0 Å². The van der Waals surface area contributed by atoms with Crippen LogP contribution in [0.4, 0.5) is 5.69 Å². The van der Waals surface area contributed by atoms with Gasteiger partial charge in [0, 0.05) is 31.9 Å². The zero-order valence-corrected chi connectivity index (χ0v) is 14.4. The maximum Gasteiger partial charge on any atom is 0.213 e. The minimum absolute atomic E-state index is 0.0457. The first-order valence-electron chi connectivity index (χ1n) is 5.81. The fourth-order valence-corrected chi connectivity index (χ4v) is 2.65. The lowest BCUT2D eigenvalue weighted by Crippen LogP contribution is -2.13. The Labute approximate surface area is 139 Å². The molecule has 0 bridgehead atoms. The predicted molar refractivity (Wildman–Crippen MR) is 91.2 cm³/mol. The summed E-state index contributed by atoms with van der Waals surface area (Å²) < 4.78 is 1.78. The van der Waals surface area contributed by atoms with Gasteiger partial charge in [-0.2, -0.15) is 0 Å². The van der Waals surface area contributed by atoms with Crippen molar-refractivity contribution in [2.75, 3.05) is 11.9 Å². The van der Waals surface area contributed by atoms with Crippen LogP contribution in [0.15, 0.2) is 46.9 Å². The highest BCUT2D eigenvalue weighted by molar-refractivity contribution is 14.1. The molecule has 20 heavy (non-hydrogen) atoms. The lowest BCUT2D eigenvalue weighted by Gasteiger charge is -2.11. The van der Waals surface area contributed by atoms with Gasteiger partial charge in [-0.3, -0.25) is 9.59 Å². The second-order valence-corrected chi connectivity index (χ2v) is 6.32. The number of carbonyl (C=O) groups is 2. The number of halogens is 2. The van der Waals surface area contributed by atoms with Crippen molar-refractivity contribution in [1.82, 2.24) is 0 Å². The Bertz CT molecular complexity index is 655. The van der Waals surface area contributed by atoms with Crippen molar-refractivity contribution in [2.24, 2.45) is 0 Å². The van der Waals surface area contributed by atoms with Crippen LogP contribution in [0.5, 0.6) is 0 Å². The quantitative estimate of drug-likeness (QED) is 0.408. The molecule has 0 aliphatic heterocycles. The summed E-state index contributed by atoms with van der Waals surface area (Å²) in [5, 5.41) is 0. The normalized spacial score (nSPS) is 10.2. The molecule has 0 aliphatic carbocycles. The molecule has 2 rings (SSSR count). The first-order valence-corrected chi connectivity index (χ1v) is 7.68. The van der Waals surface area contributed by atoms with Crippen LogP contribution in [0.25, 0.3) is 0 Å². The third kappa shape index (κ3) is 3.27. The van der Waals surface area contributed by atoms with Crippen LogP contribution in [-0.2, 0) is 4.79 Å². The lowest BCUT2D eigenvalue weighted by atomic mass is 10.0. The van der Waals surface area contributed by atoms with Gasteiger partial charge in [0.2, 0.25) is 6.41 Å². The zero-order chi connectivity index (χ0) is 14.7. The van der Waals surface area contributed by atoms with Crippen LogP contribution >= 0.6 is 38.5 Å². The maximum absolute atomic E-state index is 12.5. The summed E-state index contributed by atoms with van der Waals surface area (Å²) in [4.78, 5) is 24.6. The Morgan fingerprint density at radius 1 is 1.20 bits per heavy atom. The molecular weight excluding hydrogens is 433 g/mol. The zero-order valence-electron chi connectivity index (χ0n) is 10.6. The van der Waals surface area contributed by atoms with Crippen LogP contribution in [0.1, 0.15) is 15.9 Å². The van der Waals surface area contributed by atoms with E-state index in [1.165, 1.54) is 4.90 Å². The van der Waals surface area contributed by atoms with E-state index in [1.54, 1.807) is 31.3 Å². The Morgan fingerprint density at radius 3 is 2.45 bits per heavy atom. The van der Waals surface area contributed by atoms with E-state index in [4.69, 9.17) is 0 Å². The summed E-state index contributed by atoms with van der Waals surface area (Å²) in [6.07, 6.45) is 0.729. The third-order valence-electron chi connectivity index (χ3n) is 2.87. The van der Waals surface area contributed by atoms with Crippen LogP contribution in [0, 0.1) is 3.57 Å². The monoisotopic (exact) mass is 443 g/mol. The Kier molecular flexibility index (Phi) is 4.93. The standard InChI is InChI=1S/C15H11BrINO2/c1-18(9-19)12-5-2-10(3-6-12)15(20)13-8-11(17)4-7-14(13)16/h2-9H,1H3. The number of benzene rings is 2. The van der Waals surface area contributed by atoms with Gasteiger partial charge in [0.05, 0.1) is 0 Å². The number of carbonyl (C=O) groups excluding carboxylic acids is 2. The maximum atomic E-state index is 12.5. The first-order chi connectivity index (χ1) is 9.52. The van der Waals surface area contributed by atoms with Crippen molar-refractivity contribution in [3.05, 3.63) is 61.6 Å². The average Bonchev–Trinajstić information content (AvgIpc) is 2.48.